The van der Waals surface area contributed by atoms with Gasteiger partial charge in [0.25, 0.3) is 5.91 Å². The lowest BCUT2D eigenvalue weighted by Crippen LogP contribution is -2.23. The van der Waals surface area contributed by atoms with E-state index in [0.29, 0.717) is 23.4 Å². The number of carbonyl (C=O) groups is 1. The molecule has 0 unspecified atom stereocenters. The van der Waals surface area contributed by atoms with Crippen LogP contribution in [0.25, 0.3) is 10.9 Å². The number of carbonyl (C=O) groups excluding carboxylic acids is 1. The first-order valence-electron chi connectivity index (χ1n) is 8.56. The van der Waals surface area contributed by atoms with Crippen LogP contribution >= 0.6 is 0 Å². The Kier molecular flexibility index (Phi) is 4.80. The third-order valence-electron chi connectivity index (χ3n) is 4.57. The van der Waals surface area contributed by atoms with Gasteiger partial charge in [-0.1, -0.05) is 12.1 Å². The number of rotatable bonds is 4. The number of hydrogen-bond donors (Lipinski definition) is 1. The maximum absolute atomic E-state index is 12.9. The van der Waals surface area contributed by atoms with Crippen LogP contribution in [0.3, 0.4) is 0 Å². The summed E-state index contributed by atoms with van der Waals surface area (Å²) in [6, 6.07) is 11.0. The average Bonchev–Trinajstić information content (AvgIpc) is 2.62. The predicted octanol–water partition coefficient (Wildman–Crippen LogP) is 3.81. The van der Waals surface area contributed by atoms with Crippen molar-refractivity contribution >= 4 is 22.5 Å². The summed E-state index contributed by atoms with van der Waals surface area (Å²) in [5.74, 6) is 0.201. The Morgan fingerprint density at radius 1 is 1.19 bits per heavy atom. The quantitative estimate of drug-likeness (QED) is 0.778. The van der Waals surface area contributed by atoms with Crippen LogP contribution in [0.1, 0.15) is 28.4 Å². The van der Waals surface area contributed by atoms with Gasteiger partial charge in [0.1, 0.15) is 11.3 Å². The molecule has 1 N–H and O–H groups in total. The fourth-order valence-corrected chi connectivity index (χ4v) is 2.97. The maximum atomic E-state index is 12.9. The van der Waals surface area contributed by atoms with E-state index in [4.69, 9.17) is 4.74 Å². The summed E-state index contributed by atoms with van der Waals surface area (Å²) in [6.45, 7) is 6.32. The zero-order chi connectivity index (χ0) is 18.8. The van der Waals surface area contributed by atoms with Crippen LogP contribution in [0, 0.1) is 13.8 Å². The molecule has 0 fully saturated rings. The Bertz CT molecular complexity index is 1050. The minimum atomic E-state index is -0.414. The number of benzene rings is 2. The molecule has 0 aliphatic rings. The van der Waals surface area contributed by atoms with E-state index in [0.717, 1.165) is 16.6 Å². The molecule has 26 heavy (non-hydrogen) atoms. The number of fused-ring (bicyclic) bond motifs is 1. The van der Waals surface area contributed by atoms with Crippen molar-refractivity contribution in [1.29, 1.82) is 0 Å². The molecule has 5 heteroatoms. The van der Waals surface area contributed by atoms with Gasteiger partial charge in [-0.2, -0.15) is 0 Å². The van der Waals surface area contributed by atoms with Crippen LogP contribution in [0.2, 0.25) is 0 Å². The Hall–Kier alpha value is -3.08. The minimum Gasteiger partial charge on any atom is -0.494 e. The second-order valence-electron chi connectivity index (χ2n) is 6.30. The molecule has 0 saturated heterocycles. The number of ether oxygens (including phenoxy) is 1. The van der Waals surface area contributed by atoms with Gasteiger partial charge < -0.3 is 14.6 Å². The molecule has 2 aromatic carbocycles. The number of pyridine rings is 1. The van der Waals surface area contributed by atoms with Crippen molar-refractivity contribution in [2.24, 2.45) is 7.05 Å². The highest BCUT2D eigenvalue weighted by molar-refractivity contribution is 6.06. The lowest BCUT2D eigenvalue weighted by molar-refractivity contribution is 0.102. The first kappa shape index (κ1) is 17.7. The second kappa shape index (κ2) is 7.04. The summed E-state index contributed by atoms with van der Waals surface area (Å²) in [5, 5.41) is 3.32. The Labute approximate surface area is 152 Å². The smallest absolute Gasteiger partial charge is 0.261 e. The van der Waals surface area contributed by atoms with Crippen molar-refractivity contribution in [1.82, 2.24) is 4.57 Å². The minimum absolute atomic E-state index is 0.106. The van der Waals surface area contributed by atoms with E-state index in [9.17, 15) is 9.59 Å². The molecular formula is C21H22N2O3. The van der Waals surface area contributed by atoms with Gasteiger partial charge in [-0.3, -0.25) is 9.59 Å². The number of aryl methyl sites for hydroxylation is 2. The molecule has 0 aliphatic carbocycles. The first-order valence-corrected chi connectivity index (χ1v) is 8.56. The van der Waals surface area contributed by atoms with E-state index in [1.165, 1.54) is 0 Å². The number of amides is 1. The fraction of sp³-hybridized carbons (Fsp3) is 0.238. The molecule has 0 radical (unpaired) electrons. The van der Waals surface area contributed by atoms with Crippen molar-refractivity contribution in [2.75, 3.05) is 11.9 Å². The van der Waals surface area contributed by atoms with Crippen molar-refractivity contribution < 1.29 is 9.53 Å². The van der Waals surface area contributed by atoms with Gasteiger partial charge >= 0.3 is 0 Å². The predicted molar refractivity (Wildman–Crippen MR) is 104 cm³/mol. The van der Waals surface area contributed by atoms with Crippen LogP contribution in [0.4, 0.5) is 5.69 Å². The lowest BCUT2D eigenvalue weighted by atomic mass is 10.1. The number of nitrogens with one attached hydrogen (secondary N) is 1. The van der Waals surface area contributed by atoms with Crippen molar-refractivity contribution in [3.63, 3.8) is 0 Å². The molecule has 0 atom stereocenters. The largest absolute Gasteiger partial charge is 0.494 e. The van der Waals surface area contributed by atoms with E-state index >= 15 is 0 Å². The first-order chi connectivity index (χ1) is 12.4. The molecule has 1 aromatic heterocycles. The summed E-state index contributed by atoms with van der Waals surface area (Å²) in [7, 11) is 1.82. The van der Waals surface area contributed by atoms with Gasteiger partial charge in [-0.25, -0.2) is 0 Å². The maximum Gasteiger partial charge on any atom is 0.261 e. The summed E-state index contributed by atoms with van der Waals surface area (Å²) < 4.78 is 7.27. The number of aromatic nitrogens is 1. The van der Waals surface area contributed by atoms with Gasteiger partial charge in [-0.15, -0.1) is 0 Å². The van der Waals surface area contributed by atoms with Crippen LogP contribution in [0.15, 0.2) is 47.4 Å². The van der Waals surface area contributed by atoms with E-state index < -0.39 is 5.91 Å². The molecule has 0 saturated carbocycles. The number of anilines is 1. The standard InChI is InChI=1S/C21H22N2O3/c1-5-26-15-9-10-19-16(11-15)20(24)17(12-23(19)4)21(25)22-18-8-6-7-13(2)14(18)3/h6-12H,5H2,1-4H3,(H,22,25). The van der Waals surface area contributed by atoms with Gasteiger partial charge in [0.2, 0.25) is 5.43 Å². The highest BCUT2D eigenvalue weighted by atomic mass is 16.5. The van der Waals surface area contributed by atoms with Gasteiger partial charge in [0, 0.05) is 18.9 Å². The van der Waals surface area contributed by atoms with E-state index in [2.05, 4.69) is 5.32 Å². The topological polar surface area (TPSA) is 60.3 Å². The van der Waals surface area contributed by atoms with Crippen LogP contribution in [0.5, 0.6) is 5.75 Å². The van der Waals surface area contributed by atoms with E-state index in [1.54, 1.807) is 16.8 Å². The highest BCUT2D eigenvalue weighted by Gasteiger charge is 2.16. The molecule has 3 aromatic rings. The molecule has 5 nitrogen and oxygen atoms in total. The molecule has 0 aliphatic heterocycles. The molecule has 134 valence electrons. The molecular weight excluding hydrogens is 328 g/mol. The molecule has 0 bridgehead atoms. The summed E-state index contributed by atoms with van der Waals surface area (Å²) >= 11 is 0. The SMILES string of the molecule is CCOc1ccc2c(c1)c(=O)c(C(=O)Nc1cccc(C)c1C)cn2C. The molecule has 1 heterocycles. The van der Waals surface area contributed by atoms with Crippen molar-refractivity contribution in [3.05, 3.63) is 69.5 Å². The van der Waals surface area contributed by atoms with Crippen molar-refractivity contribution in [2.45, 2.75) is 20.8 Å². The second-order valence-corrected chi connectivity index (χ2v) is 6.30. The lowest BCUT2D eigenvalue weighted by Gasteiger charge is -2.13. The fourth-order valence-electron chi connectivity index (χ4n) is 2.97. The summed E-state index contributed by atoms with van der Waals surface area (Å²) in [4.78, 5) is 25.6. The van der Waals surface area contributed by atoms with E-state index in [1.807, 2.05) is 58.2 Å². The zero-order valence-electron chi connectivity index (χ0n) is 15.4. The number of nitrogens with zero attached hydrogens (tertiary/aromatic N) is 1. The Balaban J connectivity index is 2.06. The summed E-state index contributed by atoms with van der Waals surface area (Å²) in [6.07, 6.45) is 1.57. The summed E-state index contributed by atoms with van der Waals surface area (Å²) in [5.41, 5.74) is 3.33. The third-order valence-corrected chi connectivity index (χ3v) is 4.57. The van der Waals surface area contributed by atoms with Gasteiger partial charge in [-0.05, 0) is 56.2 Å². The van der Waals surface area contributed by atoms with Crippen LogP contribution in [-0.4, -0.2) is 17.1 Å². The van der Waals surface area contributed by atoms with Crippen LogP contribution < -0.4 is 15.5 Å². The third kappa shape index (κ3) is 3.20. The van der Waals surface area contributed by atoms with E-state index in [-0.39, 0.29) is 11.0 Å². The van der Waals surface area contributed by atoms with Gasteiger partial charge in [0.05, 0.1) is 17.5 Å². The van der Waals surface area contributed by atoms with Crippen molar-refractivity contribution in [3.8, 4) is 5.75 Å². The van der Waals surface area contributed by atoms with Crippen LogP contribution in [-0.2, 0) is 7.05 Å². The zero-order valence-corrected chi connectivity index (χ0v) is 15.4. The molecule has 1 amide bonds. The number of hydrogen-bond acceptors (Lipinski definition) is 3. The molecule has 3 rings (SSSR count). The Morgan fingerprint density at radius 3 is 2.69 bits per heavy atom. The normalized spacial score (nSPS) is 10.8. The van der Waals surface area contributed by atoms with Gasteiger partial charge in [0.15, 0.2) is 0 Å². The average molecular weight is 350 g/mol. The monoisotopic (exact) mass is 350 g/mol. The highest BCUT2D eigenvalue weighted by Crippen LogP contribution is 2.21. The Morgan fingerprint density at radius 2 is 1.96 bits per heavy atom. The molecule has 0 spiro atoms.